The predicted molar refractivity (Wildman–Crippen MR) is 113 cm³/mol. The zero-order valence-corrected chi connectivity index (χ0v) is 18.2. The van der Waals surface area contributed by atoms with Crippen molar-refractivity contribution in [1.29, 1.82) is 0 Å². The molecule has 1 spiro atoms. The highest BCUT2D eigenvalue weighted by molar-refractivity contribution is 5.64. The molecule has 0 saturated heterocycles. The number of benzene rings is 2. The lowest BCUT2D eigenvalue weighted by Gasteiger charge is -2.31. The molecular formula is C25H32O3. The van der Waals surface area contributed by atoms with Crippen molar-refractivity contribution < 1.29 is 14.6 Å². The second-order valence-corrected chi connectivity index (χ2v) is 9.94. The first-order valence-corrected chi connectivity index (χ1v) is 10.1. The molecule has 0 amide bonds. The SMILES string of the molecule is COc1cc2c(cc1OC)C1(CC(C)(C)c3cc(CO)c(C)cc31)CC2(C)C. The smallest absolute Gasteiger partial charge is 0.161 e. The van der Waals surface area contributed by atoms with Crippen LogP contribution in [-0.4, -0.2) is 19.3 Å². The Kier molecular flexibility index (Phi) is 4.14. The molecule has 2 aromatic rings. The van der Waals surface area contributed by atoms with Crippen LogP contribution in [0.1, 0.15) is 73.9 Å². The summed E-state index contributed by atoms with van der Waals surface area (Å²) in [5, 5.41) is 9.81. The topological polar surface area (TPSA) is 38.7 Å². The molecule has 0 aromatic heterocycles. The number of aliphatic hydroxyl groups is 1. The van der Waals surface area contributed by atoms with E-state index in [9.17, 15) is 5.11 Å². The third-order valence-corrected chi connectivity index (χ3v) is 7.15. The summed E-state index contributed by atoms with van der Waals surface area (Å²) >= 11 is 0. The first-order chi connectivity index (χ1) is 13.1. The van der Waals surface area contributed by atoms with Gasteiger partial charge in [0.05, 0.1) is 20.8 Å². The quantitative estimate of drug-likeness (QED) is 0.800. The summed E-state index contributed by atoms with van der Waals surface area (Å²) in [5.74, 6) is 1.60. The maximum Gasteiger partial charge on any atom is 0.161 e. The second kappa shape index (κ2) is 6.00. The Morgan fingerprint density at radius 3 is 1.75 bits per heavy atom. The summed E-state index contributed by atoms with van der Waals surface area (Å²) in [6, 6.07) is 8.97. The third-order valence-electron chi connectivity index (χ3n) is 7.15. The van der Waals surface area contributed by atoms with Crippen molar-refractivity contribution >= 4 is 0 Å². The van der Waals surface area contributed by atoms with Gasteiger partial charge in [0.25, 0.3) is 0 Å². The fourth-order valence-corrected chi connectivity index (χ4v) is 6.00. The van der Waals surface area contributed by atoms with Crippen molar-refractivity contribution in [2.45, 2.75) is 70.3 Å². The van der Waals surface area contributed by atoms with Gasteiger partial charge in [0.2, 0.25) is 0 Å². The molecule has 1 N–H and O–H groups in total. The summed E-state index contributed by atoms with van der Waals surface area (Å²) in [5.41, 5.74) is 7.81. The third kappa shape index (κ3) is 2.45. The van der Waals surface area contributed by atoms with Crippen molar-refractivity contribution in [2.75, 3.05) is 14.2 Å². The first kappa shape index (κ1) is 19.3. The van der Waals surface area contributed by atoms with Crippen molar-refractivity contribution in [1.82, 2.24) is 0 Å². The van der Waals surface area contributed by atoms with Gasteiger partial charge in [-0.1, -0.05) is 39.8 Å². The molecule has 0 fully saturated rings. The first-order valence-electron chi connectivity index (χ1n) is 10.1. The van der Waals surface area contributed by atoms with Gasteiger partial charge in [-0.3, -0.25) is 0 Å². The van der Waals surface area contributed by atoms with Gasteiger partial charge in [0.1, 0.15) is 0 Å². The predicted octanol–water partition coefficient (Wildman–Crippen LogP) is 5.15. The number of hydrogen-bond donors (Lipinski definition) is 1. The lowest BCUT2D eigenvalue weighted by molar-refractivity contribution is 0.281. The van der Waals surface area contributed by atoms with Crippen LogP contribution in [0.5, 0.6) is 11.5 Å². The minimum absolute atomic E-state index is 0.0318. The maximum absolute atomic E-state index is 9.81. The van der Waals surface area contributed by atoms with Crippen LogP contribution in [0.3, 0.4) is 0 Å². The minimum atomic E-state index is -0.0318. The number of ether oxygens (including phenoxy) is 2. The molecule has 150 valence electrons. The van der Waals surface area contributed by atoms with Gasteiger partial charge < -0.3 is 14.6 Å². The molecule has 0 bridgehead atoms. The fraction of sp³-hybridized carbons (Fsp3) is 0.520. The van der Waals surface area contributed by atoms with Gasteiger partial charge in [-0.15, -0.1) is 0 Å². The van der Waals surface area contributed by atoms with Gasteiger partial charge in [0, 0.05) is 5.41 Å². The highest BCUT2D eigenvalue weighted by Crippen LogP contribution is 2.64. The molecule has 0 radical (unpaired) electrons. The van der Waals surface area contributed by atoms with Gasteiger partial charge in [-0.2, -0.15) is 0 Å². The number of rotatable bonds is 3. The standard InChI is InChI=1S/C25H32O3/c1-15-8-19-17(9-16(15)12-26)23(2,3)13-25(19)14-24(4,5)18-10-21(27-6)22(28-7)11-20(18)25/h8-11,26H,12-14H2,1-7H3. The van der Waals surface area contributed by atoms with E-state index in [1.165, 1.54) is 27.8 Å². The van der Waals surface area contributed by atoms with Gasteiger partial charge in [0.15, 0.2) is 11.5 Å². The van der Waals surface area contributed by atoms with Crippen LogP contribution >= 0.6 is 0 Å². The average Bonchev–Trinajstić information content (AvgIpc) is 2.99. The van der Waals surface area contributed by atoms with E-state index in [2.05, 4.69) is 58.9 Å². The van der Waals surface area contributed by atoms with Crippen molar-refractivity contribution in [3.05, 3.63) is 57.6 Å². The van der Waals surface area contributed by atoms with Crippen LogP contribution in [0.4, 0.5) is 0 Å². The number of hydrogen-bond acceptors (Lipinski definition) is 3. The Balaban J connectivity index is 2.03. The molecule has 28 heavy (non-hydrogen) atoms. The Labute approximate surface area is 168 Å². The fourth-order valence-electron chi connectivity index (χ4n) is 6.00. The molecule has 2 aliphatic carbocycles. The number of aliphatic hydroxyl groups excluding tert-OH is 1. The monoisotopic (exact) mass is 380 g/mol. The van der Waals surface area contributed by atoms with Crippen LogP contribution in [0.25, 0.3) is 0 Å². The Morgan fingerprint density at radius 2 is 1.25 bits per heavy atom. The molecule has 2 aliphatic rings. The Morgan fingerprint density at radius 1 is 0.786 bits per heavy atom. The van der Waals surface area contributed by atoms with E-state index in [0.717, 1.165) is 29.9 Å². The van der Waals surface area contributed by atoms with Gasteiger partial charge in [-0.25, -0.2) is 0 Å². The molecule has 2 aromatic carbocycles. The number of aryl methyl sites for hydroxylation is 1. The Bertz CT molecular complexity index is 951. The van der Waals surface area contributed by atoms with E-state index in [4.69, 9.17) is 9.47 Å². The summed E-state index contributed by atoms with van der Waals surface area (Å²) in [7, 11) is 3.41. The summed E-state index contributed by atoms with van der Waals surface area (Å²) in [6.07, 6.45) is 2.13. The molecular weight excluding hydrogens is 348 g/mol. The number of methoxy groups -OCH3 is 2. The summed E-state index contributed by atoms with van der Waals surface area (Å²) in [6.45, 7) is 11.6. The highest BCUT2D eigenvalue weighted by atomic mass is 16.5. The van der Waals surface area contributed by atoms with Crippen molar-refractivity contribution in [3.63, 3.8) is 0 Å². The van der Waals surface area contributed by atoms with E-state index in [1.54, 1.807) is 14.2 Å². The van der Waals surface area contributed by atoms with Crippen LogP contribution in [0.15, 0.2) is 24.3 Å². The molecule has 0 aliphatic heterocycles. The molecule has 1 unspecified atom stereocenters. The summed E-state index contributed by atoms with van der Waals surface area (Å²) < 4.78 is 11.3. The number of fused-ring (bicyclic) bond motifs is 4. The van der Waals surface area contributed by atoms with Crippen molar-refractivity contribution in [3.8, 4) is 11.5 Å². The molecule has 4 rings (SSSR count). The normalized spacial score (nSPS) is 23.6. The zero-order chi connectivity index (χ0) is 20.5. The minimum Gasteiger partial charge on any atom is -0.493 e. The zero-order valence-electron chi connectivity index (χ0n) is 18.2. The van der Waals surface area contributed by atoms with Crippen LogP contribution in [-0.2, 0) is 22.9 Å². The molecule has 0 saturated carbocycles. The maximum atomic E-state index is 9.81. The van der Waals surface area contributed by atoms with E-state index in [0.29, 0.717) is 0 Å². The van der Waals surface area contributed by atoms with E-state index in [-0.39, 0.29) is 22.9 Å². The molecule has 0 heterocycles. The molecule has 1 atom stereocenters. The highest BCUT2D eigenvalue weighted by Gasteiger charge is 2.56. The van der Waals surface area contributed by atoms with Crippen molar-refractivity contribution in [2.24, 2.45) is 0 Å². The van der Waals surface area contributed by atoms with Crippen LogP contribution < -0.4 is 9.47 Å². The molecule has 3 heteroatoms. The lowest BCUT2D eigenvalue weighted by atomic mass is 9.72. The van der Waals surface area contributed by atoms with Gasteiger partial charge >= 0.3 is 0 Å². The van der Waals surface area contributed by atoms with Crippen LogP contribution in [0.2, 0.25) is 0 Å². The van der Waals surface area contributed by atoms with Crippen LogP contribution in [0, 0.1) is 6.92 Å². The van der Waals surface area contributed by atoms with E-state index >= 15 is 0 Å². The summed E-state index contributed by atoms with van der Waals surface area (Å²) in [4.78, 5) is 0. The second-order valence-electron chi connectivity index (χ2n) is 9.94. The largest absolute Gasteiger partial charge is 0.493 e. The molecule has 3 nitrogen and oxygen atoms in total. The Hall–Kier alpha value is -2.00. The van der Waals surface area contributed by atoms with Gasteiger partial charge in [-0.05, 0) is 76.1 Å². The lowest BCUT2D eigenvalue weighted by Crippen LogP contribution is -2.27. The average molecular weight is 381 g/mol. The van der Waals surface area contributed by atoms with E-state index < -0.39 is 0 Å². The van der Waals surface area contributed by atoms with E-state index in [1.807, 2.05) is 0 Å².